The van der Waals surface area contributed by atoms with Crippen molar-refractivity contribution in [3.05, 3.63) is 94.6 Å². The number of thiocarbonyl (C=S) groups is 1. The Hall–Kier alpha value is -8.24. The molecule has 0 saturated carbocycles. The van der Waals surface area contributed by atoms with Crippen molar-refractivity contribution in [2.45, 2.75) is 140 Å². The van der Waals surface area contributed by atoms with Crippen LogP contribution < -0.4 is 47.3 Å². The number of imide groups is 1. The lowest BCUT2D eigenvalue weighted by Crippen LogP contribution is -2.63. The lowest BCUT2D eigenvalue weighted by atomic mass is 9.83. The molecule has 5 heterocycles. The van der Waals surface area contributed by atoms with Gasteiger partial charge in [-0.05, 0) is 119 Å². The fraction of sp³-hybridized carbons (Fsp3) is 0.500. The molecule has 9 N–H and O–H groups in total. The molecule has 0 spiro atoms. The number of benzene rings is 2. The van der Waals surface area contributed by atoms with Crippen molar-refractivity contribution in [2.75, 3.05) is 58.2 Å². The molecule has 90 heavy (non-hydrogen) atoms. The number of rotatable bonds is 21. The van der Waals surface area contributed by atoms with E-state index in [1.54, 1.807) is 70.2 Å². The molecule has 0 radical (unpaired) electrons. The number of halogens is 1. The van der Waals surface area contributed by atoms with Crippen molar-refractivity contribution in [1.29, 1.82) is 0 Å². The number of urea groups is 1. The molecule has 0 aliphatic carbocycles. The number of allylic oxidation sites excluding steroid dienone is 3. The molecule has 1 aromatic heterocycles. The zero-order chi connectivity index (χ0) is 65.9. The number of primary amides is 1. The van der Waals surface area contributed by atoms with Gasteiger partial charge in [-0.15, -0.1) is 0 Å². The average molecular weight is 1290 g/mol. The Morgan fingerprint density at radius 2 is 1.69 bits per heavy atom. The monoisotopic (exact) mass is 1290 g/mol. The van der Waals surface area contributed by atoms with E-state index in [9.17, 15) is 48.3 Å². The van der Waals surface area contributed by atoms with E-state index >= 15 is 0 Å². The summed E-state index contributed by atoms with van der Waals surface area (Å²) in [6, 6.07) is 7.29. The first-order chi connectivity index (χ1) is 42.6. The van der Waals surface area contributed by atoms with Gasteiger partial charge in [0.25, 0.3) is 17.7 Å². The van der Waals surface area contributed by atoms with Crippen LogP contribution in [0.1, 0.15) is 96.0 Å². The summed E-state index contributed by atoms with van der Waals surface area (Å²) in [6.45, 7) is 11.2. The number of hydrogen-bond donors (Lipinski definition) is 8. The number of pyridine rings is 1. The van der Waals surface area contributed by atoms with Crippen LogP contribution in [0.25, 0.3) is 10.9 Å². The minimum atomic E-state index is -1.91. The van der Waals surface area contributed by atoms with Gasteiger partial charge in [0, 0.05) is 76.3 Å². The van der Waals surface area contributed by atoms with Gasteiger partial charge >= 0.3 is 18.1 Å². The number of carbonyl (C=O) groups is 9. The van der Waals surface area contributed by atoms with Crippen LogP contribution >= 0.6 is 23.8 Å². The SMILES string of the molecule is COc1cc2cc(c1Cl)N(C)C(=O)C[C@H](OC(=O)[C@H](C)N(C)C(=O)c1ccc3nc(NC(=O)[C@H](CCCNC(N)=O)NC(=O)[C@@H](NC(=S)NCCCCN4C(=O)C=CC4=O)C(C)C)ccc3c1)[C@]1(C)O[C@H]1[C@H](C)[C@@H]1C[C@@](O)(NC(=O)O1)[C@H](OC)/C=C/C=C(\C)C2. The lowest BCUT2D eigenvalue weighted by molar-refractivity contribution is -0.158. The Labute approximate surface area is 532 Å². The summed E-state index contributed by atoms with van der Waals surface area (Å²) in [5.41, 5.74) is 4.49. The van der Waals surface area contributed by atoms with E-state index in [1.807, 2.05) is 13.0 Å². The quantitative estimate of drug-likeness (QED) is 0.0240. The molecule has 28 heteroatoms. The highest BCUT2D eigenvalue weighted by Gasteiger charge is 2.64. The number of aromatic nitrogens is 1. The number of epoxide rings is 1. The molecule has 486 valence electrons. The number of nitrogens with zero attached hydrogens (tertiary/aromatic N) is 4. The number of likely N-dealkylation sites (N-methyl/N-ethyl adjacent to an activating group) is 1. The maximum Gasteiger partial charge on any atom is 0.409 e. The number of fused-ring (bicyclic) bond motifs is 6. The van der Waals surface area contributed by atoms with Crippen LogP contribution in [-0.4, -0.2) is 180 Å². The van der Waals surface area contributed by atoms with Gasteiger partial charge in [-0.3, -0.25) is 39.0 Å². The Kier molecular flexibility index (Phi) is 23.1. The first kappa shape index (κ1) is 69.2. The summed E-state index contributed by atoms with van der Waals surface area (Å²) in [6.07, 6.45) is 3.99. The summed E-state index contributed by atoms with van der Waals surface area (Å²) in [4.78, 5) is 128. The number of ether oxygens (including phenoxy) is 5. The van der Waals surface area contributed by atoms with E-state index in [1.165, 1.54) is 69.3 Å². The number of unbranched alkanes of at least 4 members (excludes halogenated alkanes) is 1. The van der Waals surface area contributed by atoms with E-state index in [0.29, 0.717) is 48.1 Å². The maximum atomic E-state index is 14.5. The van der Waals surface area contributed by atoms with Gasteiger partial charge in [-0.1, -0.05) is 56.2 Å². The molecule has 3 aromatic rings. The van der Waals surface area contributed by atoms with Crippen LogP contribution in [0.4, 0.5) is 21.1 Å². The highest BCUT2D eigenvalue weighted by Crippen LogP contribution is 2.49. The lowest BCUT2D eigenvalue weighted by Gasteiger charge is -2.42. The van der Waals surface area contributed by atoms with Crippen molar-refractivity contribution in [3.63, 3.8) is 0 Å². The zero-order valence-corrected chi connectivity index (χ0v) is 53.6. The number of nitrogens with one attached hydrogen (secondary N) is 6. The van der Waals surface area contributed by atoms with Crippen LogP contribution in [0.5, 0.6) is 5.75 Å². The number of alkyl carbamates (subject to hydrolysis) is 1. The van der Waals surface area contributed by atoms with Gasteiger partial charge in [0.1, 0.15) is 58.6 Å². The number of hydrogen-bond acceptors (Lipinski definition) is 17. The zero-order valence-electron chi connectivity index (χ0n) is 52.0. The molecule has 26 nitrogen and oxygen atoms in total. The van der Waals surface area contributed by atoms with Crippen molar-refractivity contribution < 1.29 is 71.9 Å². The fourth-order valence-electron chi connectivity index (χ4n) is 10.9. The molecule has 10 atom stereocenters. The van der Waals surface area contributed by atoms with Crippen molar-refractivity contribution in [2.24, 2.45) is 17.6 Å². The molecule has 2 saturated heterocycles. The van der Waals surface area contributed by atoms with Gasteiger partial charge in [0.05, 0.1) is 30.8 Å². The number of carbonyl (C=O) groups excluding carboxylic acids is 9. The summed E-state index contributed by atoms with van der Waals surface area (Å²) in [5, 5.41) is 29.4. The third kappa shape index (κ3) is 17.0. The maximum absolute atomic E-state index is 14.5. The Bertz CT molecular complexity index is 3350. The summed E-state index contributed by atoms with van der Waals surface area (Å²) in [7, 11) is 5.82. The molecule has 0 unspecified atom stereocenters. The highest BCUT2D eigenvalue weighted by atomic mass is 35.5. The number of aliphatic hydroxyl groups is 1. The number of anilines is 2. The van der Waals surface area contributed by atoms with Crippen LogP contribution in [0.15, 0.2) is 78.4 Å². The van der Waals surface area contributed by atoms with Gasteiger partial charge in [-0.25, -0.2) is 19.4 Å². The van der Waals surface area contributed by atoms with E-state index in [4.69, 9.17) is 53.2 Å². The Morgan fingerprint density at radius 3 is 2.37 bits per heavy atom. The minimum absolute atomic E-state index is 0.0835. The van der Waals surface area contributed by atoms with Gasteiger partial charge in [0.2, 0.25) is 17.7 Å². The van der Waals surface area contributed by atoms with E-state index < -0.39 is 108 Å². The second-order valence-electron chi connectivity index (χ2n) is 23.4. The van der Waals surface area contributed by atoms with Gasteiger partial charge in [-0.2, -0.15) is 0 Å². The van der Waals surface area contributed by atoms with Crippen molar-refractivity contribution in [3.8, 4) is 5.75 Å². The molecule has 2 aromatic carbocycles. The van der Waals surface area contributed by atoms with Crippen molar-refractivity contribution >= 4 is 105 Å². The predicted molar refractivity (Wildman–Crippen MR) is 337 cm³/mol. The second-order valence-corrected chi connectivity index (χ2v) is 24.2. The molecule has 4 aliphatic rings. The summed E-state index contributed by atoms with van der Waals surface area (Å²) >= 11 is 12.3. The molecule has 4 aliphatic heterocycles. The fourth-order valence-corrected chi connectivity index (χ4v) is 11.5. The smallest absolute Gasteiger partial charge is 0.409 e. The van der Waals surface area contributed by atoms with Crippen LogP contribution in [-0.2, 0) is 54.1 Å². The van der Waals surface area contributed by atoms with E-state index in [0.717, 1.165) is 16.0 Å². The number of methoxy groups -OCH3 is 2. The Balaban J connectivity index is 1.04. The van der Waals surface area contributed by atoms with E-state index in [-0.39, 0.29) is 71.6 Å². The Morgan fingerprint density at radius 1 is 0.978 bits per heavy atom. The van der Waals surface area contributed by atoms with Gasteiger partial charge in [0.15, 0.2) is 10.8 Å². The third-order valence-electron chi connectivity index (χ3n) is 16.5. The summed E-state index contributed by atoms with van der Waals surface area (Å²) in [5.74, 6) is -4.35. The molecule has 4 bridgehead atoms. The van der Waals surface area contributed by atoms with Crippen LogP contribution in [0.3, 0.4) is 0 Å². The van der Waals surface area contributed by atoms with Gasteiger partial charge < -0.3 is 70.9 Å². The number of amides is 9. The topological polar surface area (TPSA) is 344 Å². The number of nitrogens with two attached hydrogens (primary N) is 1. The molecular weight excluding hydrogens is 1210 g/mol. The molecular formula is C62H80ClN11O15S. The standard InChI is InChI=1S/C62H80ClN11O15S/c1-33(2)52(70-59(90)66-24-11-12-26-74-48(75)22-23-49(74)76)55(79)68-41(16-14-25-65-58(64)82)54(78)69-47-21-19-38-30-39(18-20-40(38)67-47)56(80)72(7)36(5)57(81)88-46-31-50(77)73(8)42-28-37(29-43(85-9)51(42)63)27-34(3)15-13-17-45(86-10)62(84)32-44(87-60(83)71-62)35(4)53-61(46,6)89-53/h13,15,17-23,28-30,33,35-36,41,44-46,52-53,84H,11-12,14,16,24-27,31-32H2,1-10H3,(H,68,79)(H,71,83)(H3,64,65,82)(H2,66,70,90)(H,67,69,78)/b17-13+,34-15+/t35-,36+,41+,44+,45-,46+,52+,53+,61+,62+/m1/s1. The van der Waals surface area contributed by atoms with Crippen LogP contribution in [0.2, 0.25) is 5.02 Å². The minimum Gasteiger partial charge on any atom is -0.495 e. The van der Waals surface area contributed by atoms with Crippen molar-refractivity contribution in [1.82, 2.24) is 41.4 Å². The summed E-state index contributed by atoms with van der Waals surface area (Å²) < 4.78 is 29.6. The third-order valence-corrected chi connectivity index (χ3v) is 17.1. The predicted octanol–water partition coefficient (Wildman–Crippen LogP) is 4.44. The first-order valence-electron chi connectivity index (χ1n) is 29.6. The second kappa shape index (κ2) is 30.0. The molecule has 7 rings (SSSR count). The highest BCUT2D eigenvalue weighted by molar-refractivity contribution is 7.80. The average Bonchev–Trinajstić information content (AvgIpc) is 1.57. The first-order valence-corrected chi connectivity index (χ1v) is 30.4. The largest absolute Gasteiger partial charge is 0.495 e. The van der Waals surface area contributed by atoms with Crippen LogP contribution in [0, 0.1) is 11.8 Å². The molecule has 2 fully saturated rings. The number of esters is 1. The van der Waals surface area contributed by atoms with E-state index in [2.05, 4.69) is 36.9 Å². The normalized spacial score (nSPS) is 24.5. The molecule has 9 amide bonds.